The highest BCUT2D eigenvalue weighted by atomic mass is 16.7. The van der Waals surface area contributed by atoms with E-state index < -0.39 is 12.1 Å². The lowest BCUT2D eigenvalue weighted by molar-refractivity contribution is -0.130. The van der Waals surface area contributed by atoms with Crippen LogP contribution in [0.2, 0.25) is 0 Å². The smallest absolute Gasteiger partial charge is 0.437 e. The van der Waals surface area contributed by atoms with Crippen molar-refractivity contribution in [2.45, 2.75) is 46.5 Å². The standard InChI is InChI=1S/C23H26O5/c1-6-15-8-10-17-19(12-15)20(27-22(24)13(2)3)16-9-7-14(4)11-18(16)21(17)28-23(25)26-5/h7,9,11,15H,2,6,8,10,12H2,1,3-5H3. The number of hydrogen-bond acceptors (Lipinski definition) is 5. The van der Waals surface area contributed by atoms with E-state index in [1.807, 2.05) is 25.1 Å². The molecular formula is C23H26O5. The van der Waals surface area contributed by atoms with Crippen LogP contribution in [0.3, 0.4) is 0 Å². The molecule has 0 bridgehead atoms. The Morgan fingerprint density at radius 3 is 2.50 bits per heavy atom. The minimum absolute atomic E-state index is 0.340. The molecule has 1 unspecified atom stereocenters. The molecule has 0 amide bonds. The molecule has 148 valence electrons. The van der Waals surface area contributed by atoms with Gasteiger partial charge in [0.1, 0.15) is 11.5 Å². The number of hydrogen-bond donors (Lipinski definition) is 0. The fraction of sp³-hybridized carbons (Fsp3) is 0.391. The van der Waals surface area contributed by atoms with Crippen LogP contribution < -0.4 is 9.47 Å². The molecule has 0 spiro atoms. The molecular weight excluding hydrogens is 356 g/mol. The number of ether oxygens (including phenoxy) is 3. The molecule has 1 aliphatic carbocycles. The van der Waals surface area contributed by atoms with Crippen LogP contribution in [0.15, 0.2) is 30.4 Å². The molecule has 1 atom stereocenters. The number of rotatable bonds is 4. The summed E-state index contributed by atoms with van der Waals surface area (Å²) >= 11 is 0. The van der Waals surface area contributed by atoms with E-state index in [0.717, 1.165) is 53.1 Å². The number of fused-ring (bicyclic) bond motifs is 2. The molecule has 0 radical (unpaired) electrons. The summed E-state index contributed by atoms with van der Waals surface area (Å²) in [6.07, 6.45) is 2.79. The summed E-state index contributed by atoms with van der Waals surface area (Å²) in [6.45, 7) is 9.45. The first kappa shape index (κ1) is 19.9. The summed E-state index contributed by atoms with van der Waals surface area (Å²) < 4.78 is 16.1. The molecule has 5 nitrogen and oxygen atoms in total. The Labute approximate surface area is 165 Å². The lowest BCUT2D eigenvalue weighted by Crippen LogP contribution is -2.20. The van der Waals surface area contributed by atoms with Gasteiger partial charge in [-0.15, -0.1) is 0 Å². The van der Waals surface area contributed by atoms with Crippen LogP contribution >= 0.6 is 0 Å². The first-order valence-corrected chi connectivity index (χ1v) is 9.57. The maximum atomic E-state index is 12.3. The van der Waals surface area contributed by atoms with Crippen molar-refractivity contribution < 1.29 is 23.8 Å². The summed E-state index contributed by atoms with van der Waals surface area (Å²) in [5, 5.41) is 1.48. The Balaban J connectivity index is 2.30. The summed E-state index contributed by atoms with van der Waals surface area (Å²) in [5.74, 6) is 1.09. The van der Waals surface area contributed by atoms with Gasteiger partial charge in [-0.2, -0.15) is 0 Å². The molecule has 0 saturated heterocycles. The van der Waals surface area contributed by atoms with Crippen LogP contribution in [0, 0.1) is 12.8 Å². The predicted molar refractivity (Wildman–Crippen MR) is 108 cm³/mol. The van der Waals surface area contributed by atoms with Gasteiger partial charge < -0.3 is 14.2 Å². The third kappa shape index (κ3) is 3.75. The Morgan fingerprint density at radius 2 is 1.86 bits per heavy atom. The van der Waals surface area contributed by atoms with Crippen molar-refractivity contribution in [3.8, 4) is 11.5 Å². The zero-order valence-corrected chi connectivity index (χ0v) is 16.9. The average Bonchev–Trinajstić information content (AvgIpc) is 2.69. The molecule has 0 saturated carbocycles. The van der Waals surface area contributed by atoms with Crippen molar-refractivity contribution >= 4 is 22.9 Å². The number of benzene rings is 2. The summed E-state index contributed by atoms with van der Waals surface area (Å²) in [5.41, 5.74) is 3.20. The highest BCUT2D eigenvalue weighted by Gasteiger charge is 2.29. The molecule has 3 rings (SSSR count). The van der Waals surface area contributed by atoms with Gasteiger partial charge in [-0.3, -0.25) is 0 Å². The van der Waals surface area contributed by atoms with E-state index in [-0.39, 0.29) is 0 Å². The Bertz CT molecular complexity index is 957. The largest absolute Gasteiger partial charge is 0.513 e. The third-order valence-electron chi connectivity index (χ3n) is 5.34. The predicted octanol–water partition coefficient (Wildman–Crippen LogP) is 5.29. The monoisotopic (exact) mass is 382 g/mol. The molecule has 5 heteroatoms. The maximum absolute atomic E-state index is 12.3. The van der Waals surface area contributed by atoms with Gasteiger partial charge >= 0.3 is 12.1 Å². The highest BCUT2D eigenvalue weighted by Crippen LogP contribution is 2.46. The molecule has 0 aliphatic heterocycles. The molecule has 0 N–H and O–H groups in total. The van der Waals surface area contributed by atoms with E-state index in [0.29, 0.717) is 23.0 Å². The van der Waals surface area contributed by atoms with E-state index in [9.17, 15) is 9.59 Å². The van der Waals surface area contributed by atoms with Crippen molar-refractivity contribution in [2.75, 3.05) is 7.11 Å². The fourth-order valence-corrected chi connectivity index (χ4v) is 3.75. The second-order valence-electron chi connectivity index (χ2n) is 7.41. The van der Waals surface area contributed by atoms with Crippen molar-refractivity contribution in [2.24, 2.45) is 5.92 Å². The molecule has 0 heterocycles. The maximum Gasteiger partial charge on any atom is 0.513 e. The van der Waals surface area contributed by atoms with E-state index in [1.54, 1.807) is 6.92 Å². The normalized spacial score (nSPS) is 15.6. The van der Waals surface area contributed by atoms with E-state index in [1.165, 1.54) is 7.11 Å². The van der Waals surface area contributed by atoms with Gasteiger partial charge in [0, 0.05) is 27.5 Å². The second kappa shape index (κ2) is 8.05. The van der Waals surface area contributed by atoms with E-state index in [4.69, 9.17) is 14.2 Å². The third-order valence-corrected chi connectivity index (χ3v) is 5.34. The Hall–Kier alpha value is -2.82. The van der Waals surface area contributed by atoms with Crippen LogP contribution in [0.25, 0.3) is 10.8 Å². The van der Waals surface area contributed by atoms with E-state index in [2.05, 4.69) is 13.5 Å². The van der Waals surface area contributed by atoms with Gasteiger partial charge in [-0.05, 0) is 45.1 Å². The van der Waals surface area contributed by atoms with Crippen molar-refractivity contribution in [3.05, 3.63) is 47.0 Å². The van der Waals surface area contributed by atoms with Gasteiger partial charge in [-0.25, -0.2) is 9.59 Å². The number of esters is 1. The Morgan fingerprint density at radius 1 is 1.14 bits per heavy atom. The SMILES string of the molecule is C=C(C)C(=O)Oc1c2c(c(OC(=O)OC)c3cc(C)ccc13)CCC(CC)C2. The fourth-order valence-electron chi connectivity index (χ4n) is 3.75. The molecule has 2 aromatic carbocycles. The highest BCUT2D eigenvalue weighted by molar-refractivity contribution is 6.00. The number of carbonyl (C=O) groups is 2. The van der Waals surface area contributed by atoms with Gasteiger partial charge in [0.05, 0.1) is 7.11 Å². The minimum Gasteiger partial charge on any atom is -0.437 e. The lowest BCUT2D eigenvalue weighted by atomic mass is 9.80. The molecule has 2 aromatic rings. The molecule has 1 aliphatic rings. The lowest BCUT2D eigenvalue weighted by Gasteiger charge is -2.28. The van der Waals surface area contributed by atoms with Crippen molar-refractivity contribution in [1.82, 2.24) is 0 Å². The number of aryl methyl sites for hydroxylation is 1. The minimum atomic E-state index is -0.755. The number of methoxy groups -OCH3 is 1. The summed E-state index contributed by atoms with van der Waals surface area (Å²) in [6, 6.07) is 5.80. The molecule has 0 fully saturated rings. The Kier molecular flexibility index (Phi) is 5.73. The van der Waals surface area contributed by atoms with Crippen molar-refractivity contribution in [3.63, 3.8) is 0 Å². The van der Waals surface area contributed by atoms with E-state index >= 15 is 0 Å². The first-order chi connectivity index (χ1) is 13.3. The van der Waals surface area contributed by atoms with Gasteiger partial charge in [0.25, 0.3) is 0 Å². The van der Waals surface area contributed by atoms with Gasteiger partial charge in [0.2, 0.25) is 0 Å². The zero-order chi connectivity index (χ0) is 20.4. The van der Waals surface area contributed by atoms with Gasteiger partial charge in [-0.1, -0.05) is 37.6 Å². The molecule has 0 aromatic heterocycles. The van der Waals surface area contributed by atoms with Crippen molar-refractivity contribution in [1.29, 1.82) is 0 Å². The summed E-state index contributed by atoms with van der Waals surface area (Å²) in [7, 11) is 1.29. The van der Waals surface area contributed by atoms with Gasteiger partial charge in [0.15, 0.2) is 0 Å². The van der Waals surface area contributed by atoms with Crippen LogP contribution in [0.4, 0.5) is 4.79 Å². The number of carbonyl (C=O) groups excluding carboxylic acids is 2. The second-order valence-corrected chi connectivity index (χ2v) is 7.41. The quantitative estimate of drug-likeness (QED) is 0.311. The topological polar surface area (TPSA) is 61.8 Å². The molecule has 28 heavy (non-hydrogen) atoms. The first-order valence-electron chi connectivity index (χ1n) is 9.57. The van der Waals surface area contributed by atoms with Crippen LogP contribution in [0.1, 0.15) is 43.4 Å². The van der Waals surface area contributed by atoms with Crippen LogP contribution in [-0.2, 0) is 22.4 Å². The average molecular weight is 382 g/mol. The summed E-state index contributed by atoms with van der Waals surface area (Å²) in [4.78, 5) is 24.3. The zero-order valence-electron chi connectivity index (χ0n) is 16.9. The van der Waals surface area contributed by atoms with Crippen LogP contribution in [-0.4, -0.2) is 19.2 Å². The van der Waals surface area contributed by atoms with Crippen LogP contribution in [0.5, 0.6) is 11.5 Å².